The highest BCUT2D eigenvalue weighted by atomic mass is 32.1. The summed E-state index contributed by atoms with van der Waals surface area (Å²) in [6.07, 6.45) is 2.64. The number of nitrogens with zero attached hydrogens (tertiary/aromatic N) is 2. The number of aromatic nitrogens is 1. The number of carbonyl (C=O) groups excluding carboxylic acids is 1. The molecule has 4 nitrogen and oxygen atoms in total. The fourth-order valence-corrected chi connectivity index (χ4v) is 4.04. The van der Waals surface area contributed by atoms with Gasteiger partial charge in [0, 0.05) is 29.4 Å². The molecule has 1 unspecified atom stereocenters. The van der Waals surface area contributed by atoms with Crippen LogP contribution in [0.5, 0.6) is 0 Å². The molecule has 3 rings (SSSR count). The molecular formula is C18H23N3OS. The van der Waals surface area contributed by atoms with Gasteiger partial charge in [-0.25, -0.2) is 4.98 Å². The van der Waals surface area contributed by atoms with Crippen LogP contribution < -0.4 is 5.32 Å². The number of aryl methyl sites for hydroxylation is 1. The SMILES string of the molecule is CN(C)CCNC(=O)C1CCc2nc(-c3ccccc3)sc2C1. The van der Waals surface area contributed by atoms with E-state index in [2.05, 4.69) is 22.3 Å². The first-order valence-corrected chi connectivity index (χ1v) is 8.91. The molecule has 0 bridgehead atoms. The molecule has 0 radical (unpaired) electrons. The van der Waals surface area contributed by atoms with Crippen molar-refractivity contribution in [2.45, 2.75) is 19.3 Å². The van der Waals surface area contributed by atoms with Crippen molar-refractivity contribution in [3.63, 3.8) is 0 Å². The number of amides is 1. The minimum atomic E-state index is 0.0914. The Morgan fingerprint density at radius 3 is 2.87 bits per heavy atom. The summed E-state index contributed by atoms with van der Waals surface area (Å²) in [6, 6.07) is 10.3. The molecule has 5 heteroatoms. The van der Waals surface area contributed by atoms with Gasteiger partial charge in [-0.15, -0.1) is 11.3 Å². The maximum absolute atomic E-state index is 12.3. The number of thiazole rings is 1. The second-order valence-electron chi connectivity index (χ2n) is 6.29. The number of fused-ring (bicyclic) bond motifs is 1. The van der Waals surface area contributed by atoms with Crippen molar-refractivity contribution in [1.82, 2.24) is 15.2 Å². The van der Waals surface area contributed by atoms with Crippen molar-refractivity contribution in [1.29, 1.82) is 0 Å². The van der Waals surface area contributed by atoms with Crippen LogP contribution in [0.3, 0.4) is 0 Å². The van der Waals surface area contributed by atoms with Crippen LogP contribution in [-0.4, -0.2) is 43.0 Å². The van der Waals surface area contributed by atoms with Crippen LogP contribution in [0.25, 0.3) is 10.6 Å². The molecule has 1 atom stereocenters. The second-order valence-corrected chi connectivity index (χ2v) is 7.37. The van der Waals surface area contributed by atoms with Crippen LogP contribution in [-0.2, 0) is 17.6 Å². The van der Waals surface area contributed by atoms with Gasteiger partial charge in [-0.05, 0) is 33.4 Å². The topological polar surface area (TPSA) is 45.2 Å². The van der Waals surface area contributed by atoms with E-state index in [9.17, 15) is 4.79 Å². The van der Waals surface area contributed by atoms with Gasteiger partial charge in [0.1, 0.15) is 5.01 Å². The third-order valence-electron chi connectivity index (χ3n) is 4.19. The van der Waals surface area contributed by atoms with Crippen molar-refractivity contribution in [2.24, 2.45) is 5.92 Å². The molecule has 0 aliphatic heterocycles. The van der Waals surface area contributed by atoms with Gasteiger partial charge < -0.3 is 10.2 Å². The van der Waals surface area contributed by atoms with Crippen molar-refractivity contribution < 1.29 is 4.79 Å². The van der Waals surface area contributed by atoms with Crippen molar-refractivity contribution >= 4 is 17.2 Å². The lowest BCUT2D eigenvalue weighted by Gasteiger charge is -2.21. The summed E-state index contributed by atoms with van der Waals surface area (Å²) >= 11 is 1.74. The van der Waals surface area contributed by atoms with Gasteiger partial charge in [0.15, 0.2) is 0 Å². The maximum Gasteiger partial charge on any atom is 0.223 e. The van der Waals surface area contributed by atoms with Crippen LogP contribution in [0.2, 0.25) is 0 Å². The Bertz CT molecular complexity index is 666. The monoisotopic (exact) mass is 329 g/mol. The molecule has 1 aromatic heterocycles. The third kappa shape index (κ3) is 3.98. The van der Waals surface area contributed by atoms with E-state index in [0.717, 1.165) is 30.8 Å². The van der Waals surface area contributed by atoms with E-state index in [1.54, 1.807) is 11.3 Å². The Hall–Kier alpha value is -1.72. The molecule has 1 amide bonds. The van der Waals surface area contributed by atoms with Gasteiger partial charge in [0.2, 0.25) is 5.91 Å². The molecule has 2 aromatic rings. The Labute approximate surface area is 141 Å². The number of hydrogen-bond donors (Lipinski definition) is 1. The fraction of sp³-hybridized carbons (Fsp3) is 0.444. The lowest BCUT2D eigenvalue weighted by molar-refractivity contribution is -0.125. The highest BCUT2D eigenvalue weighted by Crippen LogP contribution is 2.34. The predicted octanol–water partition coefficient (Wildman–Crippen LogP) is 2.59. The van der Waals surface area contributed by atoms with Gasteiger partial charge in [-0.2, -0.15) is 0 Å². The molecule has 122 valence electrons. The van der Waals surface area contributed by atoms with E-state index in [-0.39, 0.29) is 11.8 Å². The molecule has 1 heterocycles. The minimum absolute atomic E-state index is 0.0914. The Morgan fingerprint density at radius 1 is 1.35 bits per heavy atom. The zero-order valence-electron chi connectivity index (χ0n) is 13.7. The molecule has 1 aliphatic carbocycles. The molecule has 0 saturated carbocycles. The zero-order chi connectivity index (χ0) is 16.2. The van der Waals surface area contributed by atoms with Gasteiger partial charge in [0.25, 0.3) is 0 Å². The lowest BCUT2D eigenvalue weighted by atomic mass is 9.90. The fourth-order valence-electron chi connectivity index (χ4n) is 2.85. The van der Waals surface area contributed by atoms with Crippen LogP contribution in [0.1, 0.15) is 17.0 Å². The summed E-state index contributed by atoms with van der Waals surface area (Å²) in [4.78, 5) is 20.5. The normalized spacial score (nSPS) is 17.1. The molecule has 1 N–H and O–H groups in total. The van der Waals surface area contributed by atoms with Crippen LogP contribution in [0.4, 0.5) is 0 Å². The molecule has 0 fully saturated rings. The lowest BCUT2D eigenvalue weighted by Crippen LogP contribution is -2.37. The van der Waals surface area contributed by atoms with Gasteiger partial charge in [-0.1, -0.05) is 30.3 Å². The standard InChI is InChI=1S/C18H23N3OS/c1-21(2)11-10-19-17(22)14-8-9-15-16(12-14)23-18(20-15)13-6-4-3-5-7-13/h3-7,14H,8-12H2,1-2H3,(H,19,22). The highest BCUT2D eigenvalue weighted by Gasteiger charge is 2.27. The Morgan fingerprint density at radius 2 is 2.13 bits per heavy atom. The van der Waals surface area contributed by atoms with Crippen molar-refractivity contribution in [3.05, 3.63) is 40.9 Å². The number of nitrogens with one attached hydrogen (secondary N) is 1. The third-order valence-corrected chi connectivity index (χ3v) is 5.36. The summed E-state index contributed by atoms with van der Waals surface area (Å²) < 4.78 is 0. The predicted molar refractivity (Wildman–Crippen MR) is 94.6 cm³/mol. The summed E-state index contributed by atoms with van der Waals surface area (Å²) in [5.74, 6) is 0.279. The number of rotatable bonds is 5. The number of benzene rings is 1. The molecule has 1 aromatic carbocycles. The average molecular weight is 329 g/mol. The quantitative estimate of drug-likeness (QED) is 0.917. The Kier molecular flexibility index (Phi) is 5.08. The summed E-state index contributed by atoms with van der Waals surface area (Å²) in [7, 11) is 4.03. The van der Waals surface area contributed by atoms with Crippen LogP contribution in [0.15, 0.2) is 30.3 Å². The van der Waals surface area contributed by atoms with Gasteiger partial charge >= 0.3 is 0 Å². The largest absolute Gasteiger partial charge is 0.355 e. The average Bonchev–Trinajstić information content (AvgIpc) is 2.98. The second kappa shape index (κ2) is 7.23. The molecule has 0 saturated heterocycles. The molecule has 0 spiro atoms. The smallest absolute Gasteiger partial charge is 0.223 e. The zero-order valence-corrected chi connectivity index (χ0v) is 14.5. The van der Waals surface area contributed by atoms with E-state index in [1.807, 2.05) is 32.3 Å². The summed E-state index contributed by atoms with van der Waals surface area (Å²) in [6.45, 7) is 1.59. The first kappa shape index (κ1) is 16.1. The summed E-state index contributed by atoms with van der Waals surface area (Å²) in [5.41, 5.74) is 2.35. The number of likely N-dealkylation sites (N-methyl/N-ethyl adjacent to an activating group) is 1. The number of carbonyl (C=O) groups is 1. The van der Waals surface area contributed by atoms with Crippen LogP contribution >= 0.6 is 11.3 Å². The number of hydrogen-bond acceptors (Lipinski definition) is 4. The van der Waals surface area contributed by atoms with E-state index < -0.39 is 0 Å². The first-order chi connectivity index (χ1) is 11.1. The van der Waals surface area contributed by atoms with Gasteiger partial charge in [0.05, 0.1) is 5.69 Å². The van der Waals surface area contributed by atoms with E-state index >= 15 is 0 Å². The molecular weight excluding hydrogens is 306 g/mol. The van der Waals surface area contributed by atoms with E-state index in [0.29, 0.717) is 6.54 Å². The van der Waals surface area contributed by atoms with E-state index in [4.69, 9.17) is 4.98 Å². The molecule has 1 aliphatic rings. The van der Waals surface area contributed by atoms with E-state index in [1.165, 1.54) is 16.1 Å². The Balaban J connectivity index is 1.64. The minimum Gasteiger partial charge on any atom is -0.355 e. The maximum atomic E-state index is 12.3. The highest BCUT2D eigenvalue weighted by molar-refractivity contribution is 7.15. The van der Waals surface area contributed by atoms with Crippen molar-refractivity contribution in [3.8, 4) is 10.6 Å². The van der Waals surface area contributed by atoms with Gasteiger partial charge in [-0.3, -0.25) is 4.79 Å². The first-order valence-electron chi connectivity index (χ1n) is 8.10. The molecule has 23 heavy (non-hydrogen) atoms. The van der Waals surface area contributed by atoms with Crippen LogP contribution in [0, 0.1) is 5.92 Å². The van der Waals surface area contributed by atoms with Crippen molar-refractivity contribution in [2.75, 3.05) is 27.2 Å². The summed E-state index contributed by atoms with van der Waals surface area (Å²) in [5, 5.41) is 4.13.